The Morgan fingerprint density at radius 3 is 2.69 bits per heavy atom. The van der Waals surface area contributed by atoms with Gasteiger partial charge in [0, 0.05) is 12.1 Å². The van der Waals surface area contributed by atoms with Crippen molar-refractivity contribution in [1.82, 2.24) is 9.97 Å². The van der Waals surface area contributed by atoms with Crippen molar-refractivity contribution in [2.24, 2.45) is 11.5 Å². The van der Waals surface area contributed by atoms with Crippen LogP contribution < -0.4 is 26.8 Å². The molecule has 0 aromatic carbocycles. The molecule has 8 heteroatoms. The molecule has 0 saturated heterocycles. The predicted molar refractivity (Wildman–Crippen MR) is 115 cm³/mol. The lowest BCUT2D eigenvalue weighted by Crippen LogP contribution is -2.42. The van der Waals surface area contributed by atoms with Crippen molar-refractivity contribution < 1.29 is 9.53 Å². The van der Waals surface area contributed by atoms with E-state index in [-0.39, 0.29) is 23.9 Å². The Kier molecular flexibility index (Phi) is 6.53. The smallest absolute Gasteiger partial charge is 0.269 e. The molecule has 0 radical (unpaired) electrons. The van der Waals surface area contributed by atoms with Crippen LogP contribution in [-0.2, 0) is 0 Å². The molecule has 8 nitrogen and oxygen atoms in total. The maximum Gasteiger partial charge on any atom is 0.269 e. The first-order valence-corrected chi connectivity index (χ1v) is 10.1. The molecule has 0 unspecified atom stereocenters. The fourth-order valence-electron chi connectivity index (χ4n) is 3.52. The van der Waals surface area contributed by atoms with Crippen molar-refractivity contribution in [3.8, 4) is 5.75 Å². The number of rotatable bonds is 7. The summed E-state index contributed by atoms with van der Waals surface area (Å²) in [5.74, 6) is 0.694. The van der Waals surface area contributed by atoms with Crippen LogP contribution in [0.1, 0.15) is 55.7 Å². The van der Waals surface area contributed by atoms with Crippen LogP contribution in [0.5, 0.6) is 5.75 Å². The molecule has 1 aliphatic carbocycles. The van der Waals surface area contributed by atoms with Crippen LogP contribution in [0.2, 0.25) is 0 Å². The predicted octanol–water partition coefficient (Wildman–Crippen LogP) is 3.10. The van der Waals surface area contributed by atoms with E-state index in [4.69, 9.17) is 16.2 Å². The molecule has 1 saturated carbocycles. The van der Waals surface area contributed by atoms with E-state index in [1.165, 1.54) is 0 Å². The van der Waals surface area contributed by atoms with Crippen LogP contribution >= 0.6 is 0 Å². The van der Waals surface area contributed by atoms with E-state index >= 15 is 0 Å². The van der Waals surface area contributed by atoms with E-state index < -0.39 is 5.91 Å². The van der Waals surface area contributed by atoms with Gasteiger partial charge in [-0.1, -0.05) is 12.8 Å². The van der Waals surface area contributed by atoms with Crippen molar-refractivity contribution in [2.75, 3.05) is 10.6 Å². The Balaban J connectivity index is 1.83. The second kappa shape index (κ2) is 9.09. The number of aromatic nitrogens is 2. The van der Waals surface area contributed by atoms with Crippen molar-refractivity contribution in [2.45, 2.75) is 64.6 Å². The summed E-state index contributed by atoms with van der Waals surface area (Å²) in [7, 11) is 0. The number of amides is 1. The molecular weight excluding hydrogens is 368 g/mol. The summed E-state index contributed by atoms with van der Waals surface area (Å²) in [5.41, 5.74) is 13.9. The van der Waals surface area contributed by atoms with Gasteiger partial charge in [-0.05, 0) is 51.8 Å². The van der Waals surface area contributed by atoms with Gasteiger partial charge in [0.2, 0.25) is 0 Å². The largest absolute Gasteiger partial charge is 0.489 e. The minimum absolute atomic E-state index is 0.0638. The Hall–Kier alpha value is -2.87. The van der Waals surface area contributed by atoms with E-state index in [9.17, 15) is 4.79 Å². The first-order valence-electron chi connectivity index (χ1n) is 10.1. The third-order valence-electron chi connectivity index (χ3n) is 4.96. The second-order valence-corrected chi connectivity index (χ2v) is 7.76. The van der Waals surface area contributed by atoms with Crippen molar-refractivity contribution in [3.63, 3.8) is 0 Å². The number of primary amides is 1. The zero-order valence-corrected chi connectivity index (χ0v) is 17.2. The molecule has 3 rings (SSSR count). The summed E-state index contributed by atoms with van der Waals surface area (Å²) in [4.78, 5) is 20.6. The van der Waals surface area contributed by atoms with E-state index in [0.717, 1.165) is 42.8 Å². The molecule has 1 amide bonds. The van der Waals surface area contributed by atoms with Crippen LogP contribution in [0.4, 0.5) is 17.2 Å². The van der Waals surface area contributed by atoms with Gasteiger partial charge in [-0.2, -0.15) is 0 Å². The number of ether oxygens (including phenoxy) is 1. The summed E-state index contributed by atoms with van der Waals surface area (Å²) in [6.45, 7) is 5.80. The molecule has 29 heavy (non-hydrogen) atoms. The normalized spacial score (nSPS) is 19.1. The Labute approximate surface area is 171 Å². The number of nitrogens with one attached hydrogen (secondary N) is 2. The number of hydrogen-bond donors (Lipinski definition) is 4. The quantitative estimate of drug-likeness (QED) is 0.564. The van der Waals surface area contributed by atoms with E-state index in [2.05, 4.69) is 20.6 Å². The van der Waals surface area contributed by atoms with Crippen molar-refractivity contribution in [3.05, 3.63) is 35.8 Å². The number of aryl methyl sites for hydroxylation is 1. The van der Waals surface area contributed by atoms with Gasteiger partial charge < -0.3 is 26.8 Å². The standard InChI is InChI=1S/C21H30N6O2/c1-12(2)29-18-8-9-19(25-13(18)3)27-17-10-14(11-24-20(17)21(23)28)26-16-7-5-4-6-15(16)22/h8-12,15-16,26H,4-7,22H2,1-3H3,(H2,23,28)(H,25,27)/t15-,16+/m0/s1. The van der Waals surface area contributed by atoms with Crippen LogP contribution in [0.3, 0.4) is 0 Å². The summed E-state index contributed by atoms with van der Waals surface area (Å²) >= 11 is 0. The minimum atomic E-state index is -0.607. The summed E-state index contributed by atoms with van der Waals surface area (Å²) in [6.07, 6.45) is 6.01. The number of carbonyl (C=O) groups excluding carboxylic acids is 1. The second-order valence-electron chi connectivity index (χ2n) is 7.76. The first kappa shape index (κ1) is 20.9. The van der Waals surface area contributed by atoms with Gasteiger partial charge in [0.15, 0.2) is 5.69 Å². The summed E-state index contributed by atoms with van der Waals surface area (Å²) in [5, 5.41) is 6.61. The number of hydrogen-bond acceptors (Lipinski definition) is 7. The maximum atomic E-state index is 11.8. The third-order valence-corrected chi connectivity index (χ3v) is 4.96. The van der Waals surface area contributed by atoms with Crippen molar-refractivity contribution >= 4 is 23.1 Å². The van der Waals surface area contributed by atoms with Crippen LogP contribution in [0.25, 0.3) is 0 Å². The van der Waals surface area contributed by atoms with E-state index in [1.807, 2.05) is 32.9 Å². The van der Waals surface area contributed by atoms with Gasteiger partial charge in [-0.15, -0.1) is 0 Å². The van der Waals surface area contributed by atoms with Gasteiger partial charge in [0.25, 0.3) is 5.91 Å². The molecule has 6 N–H and O–H groups in total. The monoisotopic (exact) mass is 398 g/mol. The minimum Gasteiger partial charge on any atom is -0.489 e. The molecule has 0 bridgehead atoms. The zero-order chi connectivity index (χ0) is 21.0. The molecule has 156 valence electrons. The topological polar surface area (TPSA) is 128 Å². The number of carbonyl (C=O) groups is 1. The van der Waals surface area contributed by atoms with Crippen LogP contribution in [0, 0.1) is 6.92 Å². The van der Waals surface area contributed by atoms with Gasteiger partial charge in [-0.3, -0.25) is 4.79 Å². The van der Waals surface area contributed by atoms with Crippen LogP contribution in [0.15, 0.2) is 24.4 Å². The molecule has 2 aromatic rings. The lowest BCUT2D eigenvalue weighted by Gasteiger charge is -2.30. The maximum absolute atomic E-state index is 11.8. The van der Waals surface area contributed by atoms with E-state index in [0.29, 0.717) is 11.5 Å². The molecule has 0 aliphatic heterocycles. The third kappa shape index (κ3) is 5.35. The zero-order valence-electron chi connectivity index (χ0n) is 17.2. The highest BCUT2D eigenvalue weighted by Crippen LogP contribution is 2.27. The fourth-order valence-corrected chi connectivity index (χ4v) is 3.52. The lowest BCUT2D eigenvalue weighted by molar-refractivity contribution is 0.0996. The molecule has 2 atom stereocenters. The van der Waals surface area contributed by atoms with Crippen LogP contribution in [-0.4, -0.2) is 34.1 Å². The average molecular weight is 399 g/mol. The molecule has 1 aliphatic rings. The van der Waals surface area contributed by atoms with Gasteiger partial charge in [0.05, 0.1) is 29.4 Å². The highest BCUT2D eigenvalue weighted by atomic mass is 16.5. The van der Waals surface area contributed by atoms with Gasteiger partial charge >= 0.3 is 0 Å². The highest BCUT2D eigenvalue weighted by molar-refractivity contribution is 5.97. The Bertz CT molecular complexity index is 870. The lowest BCUT2D eigenvalue weighted by atomic mass is 9.91. The summed E-state index contributed by atoms with van der Waals surface area (Å²) < 4.78 is 5.73. The Morgan fingerprint density at radius 1 is 1.28 bits per heavy atom. The number of anilines is 3. The SMILES string of the molecule is Cc1nc(Nc2cc(N[C@@H]3CCCC[C@@H]3N)cnc2C(N)=O)ccc1OC(C)C. The number of pyridine rings is 2. The van der Waals surface area contributed by atoms with Crippen molar-refractivity contribution in [1.29, 1.82) is 0 Å². The van der Waals surface area contributed by atoms with E-state index in [1.54, 1.807) is 12.3 Å². The van der Waals surface area contributed by atoms with Gasteiger partial charge in [-0.25, -0.2) is 9.97 Å². The molecule has 1 fully saturated rings. The molecular formula is C21H30N6O2. The number of nitrogens with two attached hydrogens (primary N) is 2. The highest BCUT2D eigenvalue weighted by Gasteiger charge is 2.22. The molecule has 2 aromatic heterocycles. The number of nitrogens with zero attached hydrogens (tertiary/aromatic N) is 2. The molecule has 2 heterocycles. The average Bonchev–Trinajstić information content (AvgIpc) is 2.65. The fraction of sp³-hybridized carbons (Fsp3) is 0.476. The summed E-state index contributed by atoms with van der Waals surface area (Å²) in [6, 6.07) is 5.77. The Morgan fingerprint density at radius 2 is 2.03 bits per heavy atom. The van der Waals surface area contributed by atoms with Gasteiger partial charge in [0.1, 0.15) is 11.6 Å². The molecule has 0 spiro atoms. The first-order chi connectivity index (χ1) is 13.8.